The number of hydrogen-bond acceptors (Lipinski definition) is 5. The number of nitrogens with zero attached hydrogens (tertiary/aromatic N) is 4. The summed E-state index contributed by atoms with van der Waals surface area (Å²) >= 11 is 0. The van der Waals surface area contributed by atoms with E-state index < -0.39 is 0 Å². The van der Waals surface area contributed by atoms with Crippen molar-refractivity contribution in [3.63, 3.8) is 0 Å². The van der Waals surface area contributed by atoms with Crippen molar-refractivity contribution in [2.75, 3.05) is 18.4 Å². The Morgan fingerprint density at radius 1 is 1.09 bits per heavy atom. The van der Waals surface area contributed by atoms with Crippen molar-refractivity contribution in [2.24, 2.45) is 11.3 Å². The number of carbonyl (C=O) groups is 2. The molecular formula is C26H27N5O3. The molecule has 2 fully saturated rings. The Bertz CT molecular complexity index is 1270. The standard InChI is InChI=1S/C26H27N5O3/c32-23(20-9-10-20)28-24-27-22-8-4-7-21(31(22)29-24)19-11-13-26(14-12-19)16-30(17-26)25(33)34-15-18-5-2-1-3-6-18/h1-8,11,20H,9-10,12-17H2,(H,28,29,32). The topological polar surface area (TPSA) is 88.8 Å². The number of allylic oxidation sites excluding steroid dienone is 2. The van der Waals surface area contributed by atoms with Crippen LogP contribution in [0.2, 0.25) is 0 Å². The molecule has 1 aromatic carbocycles. The zero-order valence-corrected chi connectivity index (χ0v) is 18.9. The molecule has 3 heterocycles. The summed E-state index contributed by atoms with van der Waals surface area (Å²) in [5, 5.41) is 7.39. The Morgan fingerprint density at radius 3 is 2.65 bits per heavy atom. The zero-order chi connectivity index (χ0) is 23.1. The largest absolute Gasteiger partial charge is 0.445 e. The predicted molar refractivity (Wildman–Crippen MR) is 127 cm³/mol. The van der Waals surface area contributed by atoms with Crippen LogP contribution >= 0.6 is 0 Å². The van der Waals surface area contributed by atoms with Gasteiger partial charge in [-0.2, -0.15) is 4.98 Å². The van der Waals surface area contributed by atoms with Crippen molar-refractivity contribution in [3.05, 3.63) is 65.9 Å². The van der Waals surface area contributed by atoms with Gasteiger partial charge in [-0.25, -0.2) is 9.31 Å². The highest BCUT2D eigenvalue weighted by molar-refractivity contribution is 5.92. The SMILES string of the molecule is O=C(Nc1nc2cccc(C3=CCC4(CC3)CN(C(=O)OCc3ccccc3)C4)n2n1)C1CC1. The molecule has 34 heavy (non-hydrogen) atoms. The second kappa shape index (κ2) is 8.27. The number of ether oxygens (including phenoxy) is 1. The second-order valence-corrected chi connectivity index (χ2v) is 9.71. The Labute approximate surface area is 197 Å². The van der Waals surface area contributed by atoms with Crippen LogP contribution in [-0.2, 0) is 16.1 Å². The molecule has 2 aromatic heterocycles. The van der Waals surface area contributed by atoms with Gasteiger partial charge in [-0.1, -0.05) is 42.5 Å². The monoisotopic (exact) mass is 457 g/mol. The number of hydrogen-bond donors (Lipinski definition) is 1. The van der Waals surface area contributed by atoms with E-state index in [0.29, 0.717) is 12.6 Å². The summed E-state index contributed by atoms with van der Waals surface area (Å²) in [4.78, 5) is 30.8. The predicted octanol–water partition coefficient (Wildman–Crippen LogP) is 4.28. The number of nitrogens with one attached hydrogen (secondary N) is 1. The number of pyridine rings is 1. The summed E-state index contributed by atoms with van der Waals surface area (Å²) in [7, 11) is 0. The fourth-order valence-electron chi connectivity index (χ4n) is 4.93. The number of benzene rings is 1. The van der Waals surface area contributed by atoms with Gasteiger partial charge in [0.15, 0.2) is 5.65 Å². The highest BCUT2D eigenvalue weighted by atomic mass is 16.6. The van der Waals surface area contributed by atoms with Crippen molar-refractivity contribution in [1.29, 1.82) is 0 Å². The van der Waals surface area contributed by atoms with Crippen LogP contribution in [0, 0.1) is 11.3 Å². The van der Waals surface area contributed by atoms with E-state index in [1.807, 2.05) is 53.0 Å². The molecule has 2 amide bonds. The molecule has 3 aromatic rings. The van der Waals surface area contributed by atoms with E-state index >= 15 is 0 Å². The van der Waals surface area contributed by atoms with Gasteiger partial charge in [0, 0.05) is 24.4 Å². The molecule has 1 saturated carbocycles. The Hall–Kier alpha value is -3.68. The molecule has 2 aliphatic carbocycles. The molecule has 1 spiro atoms. The van der Waals surface area contributed by atoms with E-state index in [-0.39, 0.29) is 23.3 Å². The van der Waals surface area contributed by atoms with E-state index in [0.717, 1.165) is 62.1 Å². The highest BCUT2D eigenvalue weighted by Gasteiger charge is 2.46. The summed E-state index contributed by atoms with van der Waals surface area (Å²) < 4.78 is 7.30. The lowest BCUT2D eigenvalue weighted by molar-refractivity contribution is -0.117. The average molecular weight is 458 g/mol. The van der Waals surface area contributed by atoms with Crippen molar-refractivity contribution in [2.45, 2.75) is 38.7 Å². The maximum atomic E-state index is 12.4. The lowest BCUT2D eigenvalue weighted by Gasteiger charge is -2.51. The van der Waals surface area contributed by atoms with E-state index in [1.165, 1.54) is 5.57 Å². The first-order valence-electron chi connectivity index (χ1n) is 11.9. The molecule has 1 saturated heterocycles. The molecule has 1 N–H and O–H groups in total. The Morgan fingerprint density at radius 2 is 1.91 bits per heavy atom. The number of likely N-dealkylation sites (tertiary alicyclic amines) is 1. The van der Waals surface area contributed by atoms with Crippen LogP contribution in [0.5, 0.6) is 0 Å². The van der Waals surface area contributed by atoms with Crippen molar-refractivity contribution < 1.29 is 14.3 Å². The zero-order valence-electron chi connectivity index (χ0n) is 18.9. The fourth-order valence-corrected chi connectivity index (χ4v) is 4.93. The number of fused-ring (bicyclic) bond motifs is 1. The number of anilines is 1. The maximum Gasteiger partial charge on any atom is 0.410 e. The number of rotatable bonds is 5. The van der Waals surface area contributed by atoms with Crippen LogP contribution in [0.25, 0.3) is 11.2 Å². The molecule has 0 unspecified atom stereocenters. The van der Waals surface area contributed by atoms with Crippen LogP contribution in [0.1, 0.15) is 43.4 Å². The molecule has 3 aliphatic rings. The summed E-state index contributed by atoms with van der Waals surface area (Å²) in [6.45, 7) is 1.77. The smallest absolute Gasteiger partial charge is 0.410 e. The summed E-state index contributed by atoms with van der Waals surface area (Å²) in [6.07, 6.45) is 6.77. The van der Waals surface area contributed by atoms with Crippen LogP contribution < -0.4 is 5.32 Å². The summed E-state index contributed by atoms with van der Waals surface area (Å²) in [5.74, 6) is 0.481. The van der Waals surface area contributed by atoms with Crippen LogP contribution in [0.3, 0.4) is 0 Å². The van der Waals surface area contributed by atoms with E-state index in [9.17, 15) is 9.59 Å². The average Bonchev–Trinajstić information content (AvgIpc) is 3.61. The maximum absolute atomic E-state index is 12.4. The number of amides is 2. The minimum Gasteiger partial charge on any atom is -0.445 e. The highest BCUT2D eigenvalue weighted by Crippen LogP contribution is 2.45. The summed E-state index contributed by atoms with van der Waals surface area (Å²) in [6, 6.07) is 15.7. The minimum absolute atomic E-state index is 0.00751. The second-order valence-electron chi connectivity index (χ2n) is 9.71. The van der Waals surface area contributed by atoms with Gasteiger partial charge in [-0.3, -0.25) is 10.1 Å². The first-order valence-corrected chi connectivity index (χ1v) is 11.9. The first kappa shape index (κ1) is 20.9. The molecule has 174 valence electrons. The summed E-state index contributed by atoms with van der Waals surface area (Å²) in [5.41, 5.74) is 4.08. The minimum atomic E-state index is -0.239. The first-order chi connectivity index (χ1) is 16.6. The lowest BCUT2D eigenvalue weighted by Crippen LogP contribution is -2.58. The van der Waals surface area contributed by atoms with E-state index in [2.05, 4.69) is 21.5 Å². The molecule has 0 bridgehead atoms. The third-order valence-corrected chi connectivity index (χ3v) is 7.09. The van der Waals surface area contributed by atoms with Gasteiger partial charge in [-0.15, -0.1) is 5.10 Å². The van der Waals surface area contributed by atoms with Gasteiger partial charge in [0.05, 0.1) is 5.69 Å². The third kappa shape index (κ3) is 4.04. The van der Waals surface area contributed by atoms with Crippen LogP contribution in [0.4, 0.5) is 10.7 Å². The van der Waals surface area contributed by atoms with Gasteiger partial charge < -0.3 is 9.64 Å². The Balaban J connectivity index is 1.09. The van der Waals surface area contributed by atoms with Crippen molar-refractivity contribution in [3.8, 4) is 0 Å². The van der Waals surface area contributed by atoms with Crippen LogP contribution in [0.15, 0.2) is 54.6 Å². The fraction of sp³-hybridized carbons (Fsp3) is 0.385. The van der Waals surface area contributed by atoms with Gasteiger partial charge in [0.25, 0.3) is 0 Å². The quantitative estimate of drug-likeness (QED) is 0.618. The van der Waals surface area contributed by atoms with Gasteiger partial charge in [-0.05, 0) is 55.4 Å². The molecule has 8 heteroatoms. The van der Waals surface area contributed by atoms with Crippen molar-refractivity contribution >= 4 is 29.2 Å². The molecular weight excluding hydrogens is 430 g/mol. The molecule has 1 aliphatic heterocycles. The van der Waals surface area contributed by atoms with Crippen LogP contribution in [-0.4, -0.2) is 44.6 Å². The molecule has 0 radical (unpaired) electrons. The van der Waals surface area contributed by atoms with Gasteiger partial charge in [0.2, 0.25) is 11.9 Å². The Kier molecular flexibility index (Phi) is 5.08. The normalized spacial score (nSPS) is 18.9. The van der Waals surface area contributed by atoms with E-state index in [1.54, 1.807) is 4.90 Å². The number of carbonyl (C=O) groups excluding carboxylic acids is 2. The van der Waals surface area contributed by atoms with E-state index in [4.69, 9.17) is 4.74 Å². The lowest BCUT2D eigenvalue weighted by atomic mass is 9.69. The van der Waals surface area contributed by atoms with Crippen molar-refractivity contribution in [1.82, 2.24) is 19.5 Å². The molecule has 0 atom stereocenters. The van der Waals surface area contributed by atoms with Gasteiger partial charge in [0.1, 0.15) is 6.61 Å². The molecule has 8 nitrogen and oxygen atoms in total. The third-order valence-electron chi connectivity index (χ3n) is 7.09. The number of aromatic nitrogens is 3. The molecule has 6 rings (SSSR count). The van der Waals surface area contributed by atoms with Gasteiger partial charge >= 0.3 is 6.09 Å².